The number of rotatable bonds is 4. The van der Waals surface area contributed by atoms with Gasteiger partial charge in [0.2, 0.25) is 5.95 Å². The summed E-state index contributed by atoms with van der Waals surface area (Å²) < 4.78 is 17.7. The normalized spacial score (nSPS) is 15.1. The zero-order valence-electron chi connectivity index (χ0n) is 26.2. The average molecular weight is 647 g/mol. The topological polar surface area (TPSA) is 60.7 Å². The molecule has 6 heteroatoms. The van der Waals surface area contributed by atoms with Gasteiger partial charge in [-0.25, -0.2) is 4.98 Å². The summed E-state index contributed by atoms with van der Waals surface area (Å²) in [4.78, 5) is 15.3. The van der Waals surface area contributed by atoms with Gasteiger partial charge >= 0.3 is 0 Å². The minimum atomic E-state index is -3.15. The van der Waals surface area contributed by atoms with Crippen molar-refractivity contribution >= 4 is 55.6 Å². The molecule has 0 saturated heterocycles. The Balaban J connectivity index is 1.35. The van der Waals surface area contributed by atoms with Crippen molar-refractivity contribution in [2.45, 2.75) is 0 Å². The van der Waals surface area contributed by atoms with Crippen molar-refractivity contribution in [2.24, 2.45) is 0 Å². The molecule has 7 aromatic carbocycles. The molecule has 1 atom stereocenters. The van der Waals surface area contributed by atoms with Crippen molar-refractivity contribution in [3.8, 4) is 39.9 Å². The van der Waals surface area contributed by atoms with Crippen molar-refractivity contribution in [1.29, 1.82) is 0 Å². The summed E-state index contributed by atoms with van der Waals surface area (Å²) in [5.74, 6) is 1.72. The van der Waals surface area contributed by atoms with Gasteiger partial charge in [-0.2, -0.15) is 9.97 Å². The molecule has 1 unspecified atom stereocenters. The second-order valence-corrected chi connectivity index (χ2v) is 15.1. The van der Waals surface area contributed by atoms with E-state index in [2.05, 4.69) is 59.2 Å². The number of fused-ring (bicyclic) bond motifs is 8. The first-order chi connectivity index (χ1) is 24.2. The Morgan fingerprint density at radius 3 is 1.80 bits per heavy atom. The van der Waals surface area contributed by atoms with Crippen LogP contribution >= 0.6 is 7.14 Å². The highest BCUT2D eigenvalue weighted by Gasteiger charge is 2.41. The molecule has 0 bridgehead atoms. The van der Waals surface area contributed by atoms with E-state index in [0.717, 1.165) is 70.7 Å². The lowest BCUT2D eigenvalue weighted by Crippen LogP contribution is -2.20. The molecule has 49 heavy (non-hydrogen) atoms. The second-order valence-electron chi connectivity index (χ2n) is 12.4. The Bertz CT molecular complexity index is 2740. The fourth-order valence-electron chi connectivity index (χ4n) is 7.43. The van der Waals surface area contributed by atoms with Gasteiger partial charge in [0.1, 0.15) is 0 Å². The number of hydrogen-bond donors (Lipinski definition) is 0. The van der Waals surface area contributed by atoms with E-state index in [1.54, 1.807) is 0 Å². The third-order valence-electron chi connectivity index (χ3n) is 9.65. The summed E-state index contributed by atoms with van der Waals surface area (Å²) in [7, 11) is -3.15. The van der Waals surface area contributed by atoms with Crippen LogP contribution in [0.2, 0.25) is 0 Å². The van der Waals surface area contributed by atoms with Gasteiger partial charge in [0, 0.05) is 37.8 Å². The van der Waals surface area contributed by atoms with Crippen LogP contribution in [-0.4, -0.2) is 19.5 Å². The van der Waals surface area contributed by atoms with E-state index in [9.17, 15) is 0 Å². The molecule has 3 heterocycles. The molecule has 0 amide bonds. The standard InChI is InChI=1S/C43H27N4OP/c48-49(31-19-8-3-9-20-31)38-23-13-12-22-33(38)34-26-37-35(27-39(34)49)40-32-21-11-10-14-28(32)24-25-36(40)47(37)43-45-41(29-15-4-1-5-16-29)44-42(46-43)30-17-6-2-7-18-30/h1-27H. The smallest absolute Gasteiger partial charge is 0.238 e. The molecule has 230 valence electrons. The highest BCUT2D eigenvalue weighted by Crippen LogP contribution is 2.53. The maximum absolute atomic E-state index is 15.5. The number of benzene rings is 7. The zero-order chi connectivity index (χ0) is 32.5. The first-order valence-electron chi connectivity index (χ1n) is 16.3. The molecule has 0 aliphatic carbocycles. The van der Waals surface area contributed by atoms with E-state index in [0.29, 0.717) is 17.6 Å². The summed E-state index contributed by atoms with van der Waals surface area (Å²) in [6, 6.07) is 55.3. The Kier molecular flexibility index (Phi) is 6.08. The molecule has 9 aromatic rings. The van der Waals surface area contributed by atoms with Gasteiger partial charge < -0.3 is 4.57 Å². The van der Waals surface area contributed by atoms with Gasteiger partial charge in [0.25, 0.3) is 0 Å². The number of aromatic nitrogens is 4. The molecule has 0 spiro atoms. The fraction of sp³-hybridized carbons (Fsp3) is 0. The van der Waals surface area contributed by atoms with E-state index < -0.39 is 7.14 Å². The molecule has 5 nitrogen and oxygen atoms in total. The van der Waals surface area contributed by atoms with Crippen LogP contribution < -0.4 is 15.9 Å². The van der Waals surface area contributed by atoms with Gasteiger partial charge in [-0.1, -0.05) is 146 Å². The monoisotopic (exact) mass is 646 g/mol. The molecular formula is C43H27N4OP. The Hall–Kier alpha value is -6.16. The van der Waals surface area contributed by atoms with Gasteiger partial charge in [-0.05, 0) is 40.1 Å². The maximum Gasteiger partial charge on any atom is 0.238 e. The van der Waals surface area contributed by atoms with E-state index >= 15 is 4.57 Å². The van der Waals surface area contributed by atoms with Crippen molar-refractivity contribution in [3.05, 3.63) is 164 Å². The Morgan fingerprint density at radius 1 is 0.469 bits per heavy atom. The SMILES string of the molecule is O=P1(c2ccccc2)c2ccccc2-c2cc3c(cc21)c1c2ccccc2ccc1n3-c1nc(-c2ccccc2)nc(-c2ccccc2)n1. The number of hydrogen-bond acceptors (Lipinski definition) is 4. The molecule has 10 rings (SSSR count). The molecule has 0 N–H and O–H groups in total. The highest BCUT2D eigenvalue weighted by atomic mass is 31.2. The second kappa shape index (κ2) is 10.7. The van der Waals surface area contributed by atoms with Gasteiger partial charge in [-0.3, -0.25) is 4.57 Å². The fourth-order valence-corrected chi connectivity index (χ4v) is 10.5. The summed E-state index contributed by atoms with van der Waals surface area (Å²) in [5, 5.41) is 6.93. The molecular weight excluding hydrogens is 619 g/mol. The van der Waals surface area contributed by atoms with Crippen LogP contribution in [0.1, 0.15) is 0 Å². The first-order valence-corrected chi connectivity index (χ1v) is 18.0. The molecule has 0 radical (unpaired) electrons. The molecule has 1 aliphatic rings. The van der Waals surface area contributed by atoms with Crippen molar-refractivity contribution in [2.75, 3.05) is 0 Å². The largest absolute Gasteiger partial charge is 0.309 e. The van der Waals surface area contributed by atoms with Crippen LogP contribution in [0.5, 0.6) is 0 Å². The van der Waals surface area contributed by atoms with Crippen molar-refractivity contribution in [1.82, 2.24) is 19.5 Å². The molecule has 0 fully saturated rings. The molecule has 1 aliphatic heterocycles. The van der Waals surface area contributed by atoms with Gasteiger partial charge in [0.05, 0.1) is 11.0 Å². The van der Waals surface area contributed by atoms with Gasteiger partial charge in [0.15, 0.2) is 18.8 Å². The maximum atomic E-state index is 15.5. The van der Waals surface area contributed by atoms with Gasteiger partial charge in [-0.15, -0.1) is 0 Å². The third-order valence-corrected chi connectivity index (χ3v) is 12.8. The third kappa shape index (κ3) is 4.13. The first kappa shape index (κ1) is 27.9. The van der Waals surface area contributed by atoms with Crippen LogP contribution in [0.15, 0.2) is 164 Å². The van der Waals surface area contributed by atoms with Crippen molar-refractivity contribution in [3.63, 3.8) is 0 Å². The predicted molar refractivity (Wildman–Crippen MR) is 201 cm³/mol. The van der Waals surface area contributed by atoms with Crippen LogP contribution in [-0.2, 0) is 4.57 Å². The zero-order valence-corrected chi connectivity index (χ0v) is 27.1. The Morgan fingerprint density at radius 2 is 1.08 bits per heavy atom. The average Bonchev–Trinajstić information content (AvgIpc) is 3.64. The van der Waals surface area contributed by atoms with Crippen LogP contribution in [0.25, 0.3) is 72.4 Å². The summed E-state index contributed by atoms with van der Waals surface area (Å²) in [6.07, 6.45) is 0. The summed E-state index contributed by atoms with van der Waals surface area (Å²) >= 11 is 0. The quantitative estimate of drug-likeness (QED) is 0.179. The Labute approximate surface area is 282 Å². The summed E-state index contributed by atoms with van der Waals surface area (Å²) in [5.41, 5.74) is 5.72. The lowest BCUT2D eigenvalue weighted by atomic mass is 10.0. The predicted octanol–water partition coefficient (Wildman–Crippen LogP) is 9.08. The van der Waals surface area contributed by atoms with E-state index in [1.165, 1.54) is 0 Å². The minimum Gasteiger partial charge on any atom is -0.309 e. The van der Waals surface area contributed by atoms with Crippen LogP contribution in [0.4, 0.5) is 0 Å². The lowest BCUT2D eigenvalue weighted by Gasteiger charge is -2.16. The molecule has 0 saturated carbocycles. The minimum absolute atomic E-state index is 0.528. The lowest BCUT2D eigenvalue weighted by molar-refractivity contribution is 0.593. The summed E-state index contributed by atoms with van der Waals surface area (Å²) in [6.45, 7) is 0. The molecule has 2 aromatic heterocycles. The van der Waals surface area contributed by atoms with Crippen molar-refractivity contribution < 1.29 is 4.57 Å². The van der Waals surface area contributed by atoms with E-state index in [1.807, 2.05) is 109 Å². The van der Waals surface area contributed by atoms with Crippen LogP contribution in [0, 0.1) is 0 Å². The van der Waals surface area contributed by atoms with Crippen LogP contribution in [0.3, 0.4) is 0 Å². The number of nitrogens with zero attached hydrogens (tertiary/aromatic N) is 4. The highest BCUT2D eigenvalue weighted by molar-refractivity contribution is 7.86. The van der Waals surface area contributed by atoms with E-state index in [4.69, 9.17) is 15.0 Å². The van der Waals surface area contributed by atoms with E-state index in [-0.39, 0.29) is 0 Å².